The number of rotatable bonds is 6. The van der Waals surface area contributed by atoms with Crippen LogP contribution in [0.15, 0.2) is 28.7 Å². The summed E-state index contributed by atoms with van der Waals surface area (Å²) >= 11 is 1.54. The molecule has 0 unspecified atom stereocenters. The van der Waals surface area contributed by atoms with E-state index >= 15 is 0 Å². The van der Waals surface area contributed by atoms with E-state index in [0.29, 0.717) is 6.42 Å². The zero-order chi connectivity index (χ0) is 14.6. The summed E-state index contributed by atoms with van der Waals surface area (Å²) in [5.74, 6) is 5.28. The number of nitrogens with one attached hydrogen (secondary N) is 2. The van der Waals surface area contributed by atoms with Crippen molar-refractivity contribution in [1.29, 1.82) is 0 Å². The Morgan fingerprint density at radius 1 is 1.45 bits per heavy atom. The van der Waals surface area contributed by atoms with E-state index in [1.54, 1.807) is 12.1 Å². The Kier molecular flexibility index (Phi) is 4.65. The molecular weight excluding hydrogens is 298 g/mol. The molecule has 0 bridgehead atoms. The van der Waals surface area contributed by atoms with Crippen molar-refractivity contribution in [3.05, 3.63) is 34.4 Å². The molecule has 2 heterocycles. The molecule has 0 aromatic carbocycles. The number of nitrogen functional groups attached to an aromatic ring is 1. The maximum absolute atomic E-state index is 12.1. The van der Waals surface area contributed by atoms with E-state index in [9.17, 15) is 8.42 Å². The fourth-order valence-electron chi connectivity index (χ4n) is 1.62. The molecular formula is C11H15N5O2S2. The molecule has 0 radical (unpaired) electrons. The van der Waals surface area contributed by atoms with Crippen LogP contribution >= 0.6 is 11.3 Å². The van der Waals surface area contributed by atoms with Gasteiger partial charge in [0, 0.05) is 24.5 Å². The van der Waals surface area contributed by atoms with Gasteiger partial charge in [-0.25, -0.2) is 23.1 Å². The van der Waals surface area contributed by atoms with E-state index in [4.69, 9.17) is 5.84 Å². The highest BCUT2D eigenvalue weighted by Crippen LogP contribution is 2.16. The van der Waals surface area contributed by atoms with Gasteiger partial charge in [-0.05, 0) is 19.1 Å². The van der Waals surface area contributed by atoms with Crippen molar-refractivity contribution >= 4 is 27.0 Å². The van der Waals surface area contributed by atoms with Gasteiger partial charge < -0.3 is 5.43 Å². The Hall–Kier alpha value is -1.55. The van der Waals surface area contributed by atoms with Crippen LogP contribution in [0.3, 0.4) is 0 Å². The summed E-state index contributed by atoms with van der Waals surface area (Å²) in [7, 11) is -3.69. The second-order valence-electron chi connectivity index (χ2n) is 4.01. The topological polar surface area (TPSA) is 110 Å². The Bertz CT molecular complexity index is 684. The maximum atomic E-state index is 12.1. The molecule has 2 rings (SSSR count). The highest BCUT2D eigenvalue weighted by atomic mass is 32.2. The van der Waals surface area contributed by atoms with Gasteiger partial charge in [-0.2, -0.15) is 0 Å². The lowest BCUT2D eigenvalue weighted by Crippen LogP contribution is -2.28. The minimum atomic E-state index is -3.69. The molecule has 7 nitrogen and oxygen atoms in total. The van der Waals surface area contributed by atoms with Crippen molar-refractivity contribution in [3.63, 3.8) is 0 Å². The van der Waals surface area contributed by atoms with E-state index in [2.05, 4.69) is 20.1 Å². The zero-order valence-electron chi connectivity index (χ0n) is 10.8. The molecule has 0 spiro atoms. The Morgan fingerprint density at radius 3 is 2.90 bits per heavy atom. The summed E-state index contributed by atoms with van der Waals surface area (Å²) in [5, 5.41) is 2.76. The predicted molar refractivity (Wildman–Crippen MR) is 77.8 cm³/mol. The van der Waals surface area contributed by atoms with Gasteiger partial charge in [0.1, 0.15) is 0 Å². The van der Waals surface area contributed by atoms with Crippen LogP contribution in [0.4, 0.5) is 5.69 Å². The predicted octanol–water partition coefficient (Wildman–Crippen LogP) is 0.653. The molecule has 0 saturated heterocycles. The Labute approximate surface area is 121 Å². The van der Waals surface area contributed by atoms with Gasteiger partial charge in [0.05, 0.1) is 16.4 Å². The average molecular weight is 313 g/mol. The number of pyridine rings is 1. The summed E-state index contributed by atoms with van der Waals surface area (Å²) in [4.78, 5) is 8.12. The number of hydrogen-bond acceptors (Lipinski definition) is 7. The minimum Gasteiger partial charge on any atom is -0.321 e. The summed E-state index contributed by atoms with van der Waals surface area (Å²) in [6, 6.07) is 3.15. The van der Waals surface area contributed by atoms with Crippen LogP contribution in [0, 0.1) is 6.92 Å². The summed E-state index contributed by atoms with van der Waals surface area (Å²) < 4.78 is 26.7. The van der Waals surface area contributed by atoms with E-state index < -0.39 is 10.0 Å². The highest BCUT2D eigenvalue weighted by molar-refractivity contribution is 7.89. The van der Waals surface area contributed by atoms with E-state index in [0.717, 1.165) is 10.7 Å². The Balaban J connectivity index is 2.04. The molecule has 0 fully saturated rings. The fourth-order valence-corrected chi connectivity index (χ4v) is 3.39. The van der Waals surface area contributed by atoms with E-state index in [-0.39, 0.29) is 17.3 Å². The smallest absolute Gasteiger partial charge is 0.260 e. The monoisotopic (exact) mass is 313 g/mol. The second kappa shape index (κ2) is 6.27. The third-order valence-corrected chi connectivity index (χ3v) is 4.76. The molecule has 2 aromatic heterocycles. The number of hydrazine groups is 1. The van der Waals surface area contributed by atoms with Crippen molar-refractivity contribution in [3.8, 4) is 0 Å². The van der Waals surface area contributed by atoms with Crippen LogP contribution in [0.1, 0.15) is 10.7 Å². The number of aromatic nitrogens is 2. The third kappa shape index (κ3) is 3.51. The zero-order valence-corrected chi connectivity index (χ0v) is 12.5. The molecule has 0 aliphatic rings. The number of aryl methyl sites for hydroxylation is 1. The second-order valence-corrected chi connectivity index (χ2v) is 6.75. The fraction of sp³-hybridized carbons (Fsp3) is 0.273. The van der Waals surface area contributed by atoms with Gasteiger partial charge in [0.2, 0.25) is 0 Å². The largest absolute Gasteiger partial charge is 0.321 e. The molecule has 0 aliphatic heterocycles. The summed E-state index contributed by atoms with van der Waals surface area (Å²) in [6.07, 6.45) is 1.93. The van der Waals surface area contributed by atoms with Crippen LogP contribution in [0.2, 0.25) is 0 Å². The van der Waals surface area contributed by atoms with Crippen LogP contribution in [-0.4, -0.2) is 24.9 Å². The van der Waals surface area contributed by atoms with Gasteiger partial charge in [-0.1, -0.05) is 0 Å². The van der Waals surface area contributed by atoms with Crippen LogP contribution in [0.5, 0.6) is 0 Å². The number of nitrogens with two attached hydrogens (primary N) is 1. The number of thiazole rings is 1. The molecule has 4 N–H and O–H groups in total. The molecule has 0 amide bonds. The first kappa shape index (κ1) is 14.9. The highest BCUT2D eigenvalue weighted by Gasteiger charge is 2.19. The number of anilines is 1. The maximum Gasteiger partial charge on any atom is 0.260 e. The SMILES string of the molecule is Cc1nc(CCNS(=O)(=O)c2ncccc2NN)cs1. The van der Waals surface area contributed by atoms with Crippen LogP contribution in [0.25, 0.3) is 0 Å². The van der Waals surface area contributed by atoms with Gasteiger partial charge in [-0.3, -0.25) is 5.84 Å². The van der Waals surface area contributed by atoms with Crippen molar-refractivity contribution in [2.75, 3.05) is 12.0 Å². The molecule has 0 aliphatic carbocycles. The van der Waals surface area contributed by atoms with Crippen LogP contribution < -0.4 is 16.0 Å². The number of hydrogen-bond donors (Lipinski definition) is 3. The van der Waals surface area contributed by atoms with Crippen molar-refractivity contribution in [1.82, 2.24) is 14.7 Å². The van der Waals surface area contributed by atoms with Gasteiger partial charge in [-0.15, -0.1) is 11.3 Å². The Morgan fingerprint density at radius 2 is 2.25 bits per heavy atom. The lowest BCUT2D eigenvalue weighted by Gasteiger charge is -2.09. The standard InChI is InChI=1S/C11H15N5O2S2/c1-8-15-9(7-19-8)4-6-14-20(17,18)11-10(16-12)3-2-5-13-11/h2-3,5,7,14,16H,4,6,12H2,1H3. The van der Waals surface area contributed by atoms with Gasteiger partial charge in [0.15, 0.2) is 5.03 Å². The molecule has 108 valence electrons. The van der Waals surface area contributed by atoms with Crippen molar-refractivity contribution in [2.45, 2.75) is 18.4 Å². The quantitative estimate of drug-likeness (QED) is 0.533. The van der Waals surface area contributed by atoms with E-state index in [1.165, 1.54) is 17.5 Å². The lowest BCUT2D eigenvalue weighted by atomic mass is 10.3. The van der Waals surface area contributed by atoms with Crippen molar-refractivity contribution < 1.29 is 8.42 Å². The first-order valence-electron chi connectivity index (χ1n) is 5.85. The van der Waals surface area contributed by atoms with Gasteiger partial charge >= 0.3 is 0 Å². The van der Waals surface area contributed by atoms with Crippen molar-refractivity contribution in [2.24, 2.45) is 5.84 Å². The first-order valence-corrected chi connectivity index (χ1v) is 8.21. The normalized spacial score (nSPS) is 11.5. The molecule has 0 saturated carbocycles. The number of nitrogens with zero attached hydrogens (tertiary/aromatic N) is 2. The first-order chi connectivity index (χ1) is 9.53. The summed E-state index contributed by atoms with van der Waals surface area (Å²) in [5.41, 5.74) is 3.44. The van der Waals surface area contributed by atoms with Crippen LogP contribution in [-0.2, 0) is 16.4 Å². The average Bonchev–Trinajstić information content (AvgIpc) is 2.84. The summed E-state index contributed by atoms with van der Waals surface area (Å²) in [6.45, 7) is 2.16. The van der Waals surface area contributed by atoms with E-state index in [1.807, 2.05) is 12.3 Å². The minimum absolute atomic E-state index is 0.114. The molecule has 2 aromatic rings. The molecule has 9 heteroatoms. The molecule has 20 heavy (non-hydrogen) atoms. The molecule has 0 atom stereocenters. The lowest BCUT2D eigenvalue weighted by molar-refractivity contribution is 0.578. The van der Waals surface area contributed by atoms with Gasteiger partial charge in [0.25, 0.3) is 10.0 Å². The third-order valence-electron chi connectivity index (χ3n) is 2.52. The number of sulfonamides is 1.